The van der Waals surface area contributed by atoms with Crippen LogP contribution in [0.3, 0.4) is 0 Å². The lowest BCUT2D eigenvalue weighted by molar-refractivity contribution is 0.0694. The van der Waals surface area contributed by atoms with Crippen molar-refractivity contribution in [2.24, 2.45) is 5.73 Å². The Morgan fingerprint density at radius 3 is 2.39 bits per heavy atom. The number of carboxylic acids is 1. The monoisotopic (exact) mass is 243 g/mol. The van der Waals surface area contributed by atoms with Gasteiger partial charge in [-0.05, 0) is 29.8 Å². The van der Waals surface area contributed by atoms with E-state index in [9.17, 15) is 4.79 Å². The minimum atomic E-state index is -1.01. The van der Waals surface area contributed by atoms with Crippen LogP contribution >= 0.6 is 0 Å². The van der Waals surface area contributed by atoms with Gasteiger partial charge in [-0.25, -0.2) is 4.79 Å². The average Bonchev–Trinajstić information content (AvgIpc) is 2.40. The quantitative estimate of drug-likeness (QED) is 0.865. The number of aromatic carboxylic acids is 1. The molecule has 0 spiro atoms. The third kappa shape index (κ3) is 2.67. The first-order chi connectivity index (χ1) is 8.70. The number of hydrogen-bond donors (Lipinski definition) is 2. The highest BCUT2D eigenvalue weighted by atomic mass is 16.5. The maximum atomic E-state index is 11.0. The van der Waals surface area contributed by atoms with Gasteiger partial charge in [0.05, 0.1) is 0 Å². The van der Waals surface area contributed by atoms with Crippen molar-refractivity contribution in [1.29, 1.82) is 0 Å². The summed E-state index contributed by atoms with van der Waals surface area (Å²) < 4.78 is 5.55. The number of ether oxygens (including phenoxy) is 1. The van der Waals surface area contributed by atoms with Gasteiger partial charge in [0.1, 0.15) is 17.1 Å². The van der Waals surface area contributed by atoms with Crippen LogP contribution < -0.4 is 10.5 Å². The normalized spacial score (nSPS) is 10.1. The zero-order valence-electron chi connectivity index (χ0n) is 9.67. The minimum Gasteiger partial charge on any atom is -0.478 e. The van der Waals surface area contributed by atoms with E-state index in [1.165, 1.54) is 6.07 Å². The third-order valence-corrected chi connectivity index (χ3v) is 2.50. The van der Waals surface area contributed by atoms with E-state index in [4.69, 9.17) is 15.6 Å². The molecule has 2 aromatic carbocycles. The first kappa shape index (κ1) is 12.1. The summed E-state index contributed by atoms with van der Waals surface area (Å²) >= 11 is 0. The van der Waals surface area contributed by atoms with E-state index in [0.29, 0.717) is 18.0 Å². The van der Waals surface area contributed by atoms with Crippen LogP contribution in [-0.4, -0.2) is 11.1 Å². The highest BCUT2D eigenvalue weighted by Gasteiger charge is 2.10. The van der Waals surface area contributed by atoms with Gasteiger partial charge >= 0.3 is 5.97 Å². The van der Waals surface area contributed by atoms with Crippen molar-refractivity contribution < 1.29 is 14.6 Å². The van der Waals surface area contributed by atoms with Crippen molar-refractivity contribution in [1.82, 2.24) is 0 Å². The predicted molar refractivity (Wildman–Crippen MR) is 67.8 cm³/mol. The summed E-state index contributed by atoms with van der Waals surface area (Å²) in [6.07, 6.45) is 0. The Morgan fingerprint density at radius 1 is 1.11 bits per heavy atom. The molecule has 4 nitrogen and oxygen atoms in total. The summed E-state index contributed by atoms with van der Waals surface area (Å²) in [5.74, 6) is -0.101. The number of para-hydroxylation sites is 1. The summed E-state index contributed by atoms with van der Waals surface area (Å²) in [4.78, 5) is 11.0. The molecule has 0 heterocycles. The van der Waals surface area contributed by atoms with Gasteiger partial charge in [0.2, 0.25) is 0 Å². The Morgan fingerprint density at radius 2 is 1.78 bits per heavy atom. The molecule has 0 fully saturated rings. The summed E-state index contributed by atoms with van der Waals surface area (Å²) in [7, 11) is 0. The van der Waals surface area contributed by atoms with Gasteiger partial charge in [-0.3, -0.25) is 0 Å². The van der Waals surface area contributed by atoms with Gasteiger partial charge in [-0.1, -0.05) is 24.3 Å². The van der Waals surface area contributed by atoms with E-state index < -0.39 is 5.97 Å². The first-order valence-electron chi connectivity index (χ1n) is 5.50. The molecule has 0 saturated carbocycles. The zero-order valence-corrected chi connectivity index (χ0v) is 9.67. The van der Waals surface area contributed by atoms with Gasteiger partial charge in [0.15, 0.2) is 0 Å². The number of carbonyl (C=O) groups is 1. The number of benzene rings is 2. The molecule has 0 aliphatic rings. The lowest BCUT2D eigenvalue weighted by Gasteiger charge is -2.08. The van der Waals surface area contributed by atoms with Crippen molar-refractivity contribution in [2.45, 2.75) is 6.54 Å². The largest absolute Gasteiger partial charge is 0.478 e. The minimum absolute atomic E-state index is 0.139. The fourth-order valence-corrected chi connectivity index (χ4v) is 1.55. The van der Waals surface area contributed by atoms with Gasteiger partial charge in [-0.15, -0.1) is 0 Å². The highest BCUT2D eigenvalue weighted by Crippen LogP contribution is 2.25. The Hall–Kier alpha value is -2.33. The second-order valence-electron chi connectivity index (χ2n) is 3.75. The highest BCUT2D eigenvalue weighted by molar-refractivity contribution is 5.90. The van der Waals surface area contributed by atoms with Crippen LogP contribution in [0.4, 0.5) is 0 Å². The predicted octanol–water partition coefficient (Wildman–Crippen LogP) is 2.64. The zero-order chi connectivity index (χ0) is 13.0. The molecule has 0 atom stereocenters. The van der Waals surface area contributed by atoms with Crippen LogP contribution in [0.5, 0.6) is 11.5 Å². The van der Waals surface area contributed by atoms with E-state index in [1.807, 2.05) is 12.1 Å². The SMILES string of the molecule is NCc1ccc(Oc2ccccc2C(=O)O)cc1. The molecule has 92 valence electrons. The molecule has 0 amide bonds. The summed E-state index contributed by atoms with van der Waals surface area (Å²) in [6.45, 7) is 0.464. The van der Waals surface area contributed by atoms with Crippen molar-refractivity contribution in [3.05, 3.63) is 59.7 Å². The standard InChI is InChI=1S/C14H13NO3/c15-9-10-5-7-11(8-6-10)18-13-4-2-1-3-12(13)14(16)17/h1-8H,9,15H2,(H,16,17). The van der Waals surface area contributed by atoms with Gasteiger partial charge < -0.3 is 15.6 Å². The van der Waals surface area contributed by atoms with Crippen LogP contribution in [0.1, 0.15) is 15.9 Å². The lowest BCUT2D eigenvalue weighted by Crippen LogP contribution is -2.00. The molecule has 3 N–H and O–H groups in total. The Balaban J connectivity index is 2.25. The third-order valence-electron chi connectivity index (χ3n) is 2.50. The first-order valence-corrected chi connectivity index (χ1v) is 5.50. The molecule has 0 unspecified atom stereocenters. The van der Waals surface area contributed by atoms with Crippen LogP contribution in [-0.2, 0) is 6.54 Å². The second-order valence-corrected chi connectivity index (χ2v) is 3.75. The molecule has 0 radical (unpaired) electrons. The molecule has 18 heavy (non-hydrogen) atoms. The molecular formula is C14H13NO3. The second kappa shape index (κ2) is 5.33. The van der Waals surface area contributed by atoms with Crippen molar-refractivity contribution in [3.63, 3.8) is 0 Å². The van der Waals surface area contributed by atoms with Gasteiger partial charge in [-0.2, -0.15) is 0 Å². The average molecular weight is 243 g/mol. The summed E-state index contributed by atoms with van der Waals surface area (Å²) in [5, 5.41) is 9.03. The van der Waals surface area contributed by atoms with Crippen molar-refractivity contribution >= 4 is 5.97 Å². The molecule has 4 heteroatoms. The fourth-order valence-electron chi connectivity index (χ4n) is 1.55. The number of carboxylic acid groups (broad SMARTS) is 1. The van der Waals surface area contributed by atoms with Crippen molar-refractivity contribution in [2.75, 3.05) is 0 Å². The lowest BCUT2D eigenvalue weighted by atomic mass is 10.2. The van der Waals surface area contributed by atoms with E-state index in [-0.39, 0.29) is 5.56 Å². The maximum Gasteiger partial charge on any atom is 0.339 e. The van der Waals surface area contributed by atoms with E-state index >= 15 is 0 Å². The van der Waals surface area contributed by atoms with Crippen LogP contribution in [0.25, 0.3) is 0 Å². The van der Waals surface area contributed by atoms with Gasteiger partial charge in [0, 0.05) is 6.54 Å². The topological polar surface area (TPSA) is 72.5 Å². The Bertz CT molecular complexity index is 549. The van der Waals surface area contributed by atoms with E-state index in [1.54, 1.807) is 30.3 Å². The smallest absolute Gasteiger partial charge is 0.339 e. The molecule has 0 aliphatic carbocycles. The van der Waals surface area contributed by atoms with Crippen LogP contribution in [0, 0.1) is 0 Å². The molecule has 0 saturated heterocycles. The van der Waals surface area contributed by atoms with E-state index in [2.05, 4.69) is 0 Å². The molecule has 2 rings (SSSR count). The fraction of sp³-hybridized carbons (Fsp3) is 0.0714. The molecular weight excluding hydrogens is 230 g/mol. The summed E-state index contributed by atoms with van der Waals surface area (Å²) in [6, 6.07) is 13.7. The number of hydrogen-bond acceptors (Lipinski definition) is 3. The summed E-state index contributed by atoms with van der Waals surface area (Å²) in [5.41, 5.74) is 6.63. The molecule has 0 aliphatic heterocycles. The number of rotatable bonds is 4. The maximum absolute atomic E-state index is 11.0. The Kier molecular flexibility index (Phi) is 3.60. The van der Waals surface area contributed by atoms with Crippen LogP contribution in [0.15, 0.2) is 48.5 Å². The van der Waals surface area contributed by atoms with Crippen molar-refractivity contribution in [3.8, 4) is 11.5 Å². The Labute approximate surface area is 105 Å². The van der Waals surface area contributed by atoms with Crippen LogP contribution in [0.2, 0.25) is 0 Å². The molecule has 0 aromatic heterocycles. The number of nitrogens with two attached hydrogens (primary N) is 1. The van der Waals surface area contributed by atoms with E-state index in [0.717, 1.165) is 5.56 Å². The van der Waals surface area contributed by atoms with Gasteiger partial charge in [0.25, 0.3) is 0 Å². The molecule has 0 bridgehead atoms. The molecule has 2 aromatic rings.